The Balaban J connectivity index is 2.45. The summed E-state index contributed by atoms with van der Waals surface area (Å²) < 4.78 is 0. The van der Waals surface area contributed by atoms with Gasteiger partial charge in [0, 0.05) is 37.2 Å². The lowest BCUT2D eigenvalue weighted by Gasteiger charge is -2.14. The number of carbonyl (C=O) groups is 2. The molecular formula is C20H18O4. The number of Topliss-reactive ketones (excluding diaryl/α,β-unsaturated/α-hetero) is 2. The number of fused-ring (bicyclic) bond motifs is 1. The molecule has 0 amide bonds. The predicted octanol–water partition coefficient (Wildman–Crippen LogP) is 1.91. The number of aliphatic hydroxyl groups is 2. The molecule has 0 radical (unpaired) electrons. The van der Waals surface area contributed by atoms with Crippen LogP contribution in [0.2, 0.25) is 0 Å². The Hall–Kier alpha value is -2.66. The van der Waals surface area contributed by atoms with E-state index < -0.39 is 0 Å². The number of hydrogen-bond donors (Lipinski definition) is 2. The van der Waals surface area contributed by atoms with Gasteiger partial charge in [0.15, 0.2) is 0 Å². The van der Waals surface area contributed by atoms with Gasteiger partial charge >= 0.3 is 0 Å². The summed E-state index contributed by atoms with van der Waals surface area (Å²) in [5.74, 6) is 10.6. The lowest BCUT2D eigenvalue weighted by atomic mass is 9.84. The van der Waals surface area contributed by atoms with E-state index in [0.29, 0.717) is 36.8 Å². The number of rotatable bonds is 4. The molecule has 0 unspecified atom stereocenters. The zero-order valence-electron chi connectivity index (χ0n) is 13.3. The number of hydrogen-bond acceptors (Lipinski definition) is 4. The lowest BCUT2D eigenvalue weighted by molar-refractivity contribution is 0.0982. The minimum Gasteiger partial charge on any atom is -0.396 e. The average Bonchev–Trinajstić information content (AvgIpc) is 2.61. The van der Waals surface area contributed by atoms with Crippen molar-refractivity contribution in [2.45, 2.75) is 25.7 Å². The van der Waals surface area contributed by atoms with E-state index in [9.17, 15) is 9.59 Å². The molecule has 0 atom stereocenters. The van der Waals surface area contributed by atoms with Crippen molar-refractivity contribution >= 4 is 11.6 Å². The number of benzene rings is 1. The summed E-state index contributed by atoms with van der Waals surface area (Å²) in [6, 6.07) is 6.64. The molecular weight excluding hydrogens is 304 g/mol. The number of carbonyl (C=O) groups excluding carboxylic acids is 2. The van der Waals surface area contributed by atoms with Crippen LogP contribution >= 0.6 is 0 Å². The van der Waals surface area contributed by atoms with Crippen LogP contribution in [0.1, 0.15) is 46.4 Å². The van der Waals surface area contributed by atoms with Gasteiger partial charge in [-0.05, 0) is 12.8 Å². The SMILES string of the molecule is O=C1C(C#CCCCO)=C(C#CCCCO)C(=O)c2ccccc21. The molecule has 4 heteroatoms. The molecule has 1 aromatic carbocycles. The minimum absolute atomic E-state index is 0.0251. The topological polar surface area (TPSA) is 74.6 Å². The average molecular weight is 322 g/mol. The first-order valence-corrected chi connectivity index (χ1v) is 7.83. The van der Waals surface area contributed by atoms with Gasteiger partial charge in [-0.15, -0.1) is 0 Å². The van der Waals surface area contributed by atoms with Crippen molar-refractivity contribution in [3.63, 3.8) is 0 Å². The standard InChI is InChI=1S/C20H18O4/c21-13-7-1-3-9-15-16(10-4-2-8-14-22)20(24)18-12-6-5-11-17(18)19(15)23/h5-6,11-12,21-22H,1-2,7-8,13-14H2. The molecule has 0 saturated carbocycles. The van der Waals surface area contributed by atoms with E-state index in [2.05, 4.69) is 23.7 Å². The molecule has 0 aromatic heterocycles. The molecule has 1 aliphatic carbocycles. The van der Waals surface area contributed by atoms with Gasteiger partial charge in [0.1, 0.15) is 0 Å². The highest BCUT2D eigenvalue weighted by Crippen LogP contribution is 2.25. The molecule has 1 aromatic rings. The molecule has 0 saturated heterocycles. The van der Waals surface area contributed by atoms with Crippen molar-refractivity contribution in [2.24, 2.45) is 0 Å². The van der Waals surface area contributed by atoms with Crippen molar-refractivity contribution < 1.29 is 19.8 Å². The van der Waals surface area contributed by atoms with Gasteiger partial charge in [0.05, 0.1) is 11.1 Å². The summed E-state index contributed by atoms with van der Waals surface area (Å²) in [6.45, 7) is 0.0501. The molecule has 2 rings (SSSR count). The van der Waals surface area contributed by atoms with Crippen molar-refractivity contribution in [1.82, 2.24) is 0 Å². The Labute approximate surface area is 141 Å². The van der Waals surface area contributed by atoms with Crippen molar-refractivity contribution in [3.8, 4) is 23.7 Å². The Kier molecular flexibility index (Phi) is 6.51. The maximum Gasteiger partial charge on any atom is 0.203 e. The molecule has 1 aliphatic rings. The number of aliphatic hydroxyl groups excluding tert-OH is 2. The van der Waals surface area contributed by atoms with Crippen LogP contribution in [0, 0.1) is 23.7 Å². The second-order valence-electron chi connectivity index (χ2n) is 5.21. The van der Waals surface area contributed by atoms with E-state index in [1.165, 1.54) is 0 Å². The third kappa shape index (κ3) is 4.00. The normalized spacial score (nSPS) is 12.9. The van der Waals surface area contributed by atoms with Crippen molar-refractivity contribution in [3.05, 3.63) is 46.5 Å². The van der Waals surface area contributed by atoms with Crippen LogP contribution in [0.4, 0.5) is 0 Å². The van der Waals surface area contributed by atoms with Crippen LogP contribution in [0.15, 0.2) is 35.4 Å². The fourth-order valence-corrected chi connectivity index (χ4v) is 2.25. The Morgan fingerprint density at radius 2 is 1.17 bits per heavy atom. The zero-order chi connectivity index (χ0) is 17.4. The number of unbranched alkanes of at least 4 members (excludes halogenated alkanes) is 2. The Morgan fingerprint density at radius 1 is 0.750 bits per heavy atom. The van der Waals surface area contributed by atoms with Gasteiger partial charge in [0.25, 0.3) is 0 Å². The maximum atomic E-state index is 12.7. The third-order valence-electron chi connectivity index (χ3n) is 3.47. The molecule has 0 aliphatic heterocycles. The Morgan fingerprint density at radius 3 is 1.54 bits per heavy atom. The zero-order valence-corrected chi connectivity index (χ0v) is 13.3. The van der Waals surface area contributed by atoms with Gasteiger partial charge in [0.2, 0.25) is 11.6 Å². The first-order chi connectivity index (χ1) is 11.7. The summed E-state index contributed by atoms with van der Waals surface area (Å²) in [4.78, 5) is 25.3. The van der Waals surface area contributed by atoms with Crippen molar-refractivity contribution in [1.29, 1.82) is 0 Å². The number of ketones is 2. The molecule has 0 spiro atoms. The summed E-state index contributed by atoms with van der Waals surface area (Å²) in [6.07, 6.45) is 1.90. The highest BCUT2D eigenvalue weighted by atomic mass is 16.3. The van der Waals surface area contributed by atoms with Gasteiger partial charge < -0.3 is 10.2 Å². The fourth-order valence-electron chi connectivity index (χ4n) is 2.25. The summed E-state index contributed by atoms with van der Waals surface area (Å²) in [7, 11) is 0. The van der Waals surface area contributed by atoms with Gasteiger partial charge in [-0.3, -0.25) is 9.59 Å². The third-order valence-corrected chi connectivity index (χ3v) is 3.47. The van der Waals surface area contributed by atoms with Gasteiger partial charge in [-0.1, -0.05) is 47.9 Å². The molecule has 4 nitrogen and oxygen atoms in total. The summed E-state index contributed by atoms with van der Waals surface area (Å²) in [5.41, 5.74) is 0.922. The second kappa shape index (κ2) is 8.84. The van der Waals surface area contributed by atoms with E-state index in [1.54, 1.807) is 24.3 Å². The monoisotopic (exact) mass is 322 g/mol. The van der Waals surface area contributed by atoms with E-state index in [-0.39, 0.29) is 35.9 Å². The second-order valence-corrected chi connectivity index (χ2v) is 5.21. The van der Waals surface area contributed by atoms with E-state index in [1.807, 2.05) is 0 Å². The van der Waals surface area contributed by atoms with Crippen LogP contribution < -0.4 is 0 Å². The molecule has 2 N–H and O–H groups in total. The summed E-state index contributed by atoms with van der Waals surface area (Å²) >= 11 is 0. The Bertz CT molecular complexity index is 727. The predicted molar refractivity (Wildman–Crippen MR) is 90.3 cm³/mol. The molecule has 0 fully saturated rings. The van der Waals surface area contributed by atoms with E-state index in [0.717, 1.165) is 0 Å². The van der Waals surface area contributed by atoms with Gasteiger partial charge in [-0.25, -0.2) is 0 Å². The molecule has 24 heavy (non-hydrogen) atoms. The highest BCUT2D eigenvalue weighted by molar-refractivity contribution is 6.30. The van der Waals surface area contributed by atoms with Gasteiger partial charge in [-0.2, -0.15) is 0 Å². The fraction of sp³-hybridized carbons (Fsp3) is 0.300. The van der Waals surface area contributed by atoms with Crippen LogP contribution in [0.3, 0.4) is 0 Å². The van der Waals surface area contributed by atoms with Crippen LogP contribution in [-0.2, 0) is 0 Å². The van der Waals surface area contributed by atoms with Crippen LogP contribution in [-0.4, -0.2) is 35.0 Å². The first-order valence-electron chi connectivity index (χ1n) is 7.83. The van der Waals surface area contributed by atoms with Crippen LogP contribution in [0.25, 0.3) is 0 Å². The lowest BCUT2D eigenvalue weighted by Crippen LogP contribution is -2.20. The first kappa shape index (κ1) is 17.7. The molecule has 0 heterocycles. The molecule has 0 bridgehead atoms. The smallest absolute Gasteiger partial charge is 0.203 e. The van der Waals surface area contributed by atoms with E-state index >= 15 is 0 Å². The summed E-state index contributed by atoms with van der Waals surface area (Å²) in [5, 5.41) is 17.6. The quantitative estimate of drug-likeness (QED) is 0.656. The maximum absolute atomic E-state index is 12.7. The minimum atomic E-state index is -0.298. The van der Waals surface area contributed by atoms with Crippen molar-refractivity contribution in [2.75, 3.05) is 13.2 Å². The van der Waals surface area contributed by atoms with E-state index in [4.69, 9.17) is 10.2 Å². The number of allylic oxidation sites excluding steroid dienone is 2. The molecule has 122 valence electrons. The highest BCUT2D eigenvalue weighted by Gasteiger charge is 2.30. The largest absolute Gasteiger partial charge is 0.396 e. The van der Waals surface area contributed by atoms with Crippen LogP contribution in [0.5, 0.6) is 0 Å².